The lowest BCUT2D eigenvalue weighted by Crippen LogP contribution is -2.41. The molecular formula is C10H22N2O. The van der Waals surface area contributed by atoms with E-state index in [0.717, 1.165) is 13.1 Å². The number of hydrogen-bond acceptors (Lipinski definition) is 3. The summed E-state index contributed by atoms with van der Waals surface area (Å²) in [5, 5.41) is 12.1. The molecule has 1 heterocycles. The third kappa shape index (κ3) is 3.25. The molecule has 0 aromatic rings. The van der Waals surface area contributed by atoms with Gasteiger partial charge in [0.15, 0.2) is 0 Å². The molecule has 1 fully saturated rings. The van der Waals surface area contributed by atoms with Gasteiger partial charge in [-0.3, -0.25) is 0 Å². The quantitative estimate of drug-likeness (QED) is 0.663. The Morgan fingerprint density at radius 1 is 1.54 bits per heavy atom. The zero-order valence-electron chi connectivity index (χ0n) is 9.01. The van der Waals surface area contributed by atoms with Crippen molar-refractivity contribution in [2.24, 2.45) is 5.41 Å². The Balaban J connectivity index is 2.31. The molecule has 1 atom stereocenters. The third-order valence-electron chi connectivity index (χ3n) is 2.86. The summed E-state index contributed by atoms with van der Waals surface area (Å²) in [4.78, 5) is 2.43. The summed E-state index contributed by atoms with van der Waals surface area (Å²) in [7, 11) is 1.90. The van der Waals surface area contributed by atoms with Crippen molar-refractivity contribution in [3.8, 4) is 0 Å². The van der Waals surface area contributed by atoms with Crippen LogP contribution in [-0.2, 0) is 0 Å². The lowest BCUT2D eigenvalue weighted by molar-refractivity contribution is 0.195. The van der Waals surface area contributed by atoms with Crippen molar-refractivity contribution in [1.82, 2.24) is 10.2 Å². The second-order valence-corrected chi connectivity index (χ2v) is 4.82. The molecule has 1 saturated heterocycles. The molecule has 0 aromatic heterocycles. The number of hydrogen-bond donors (Lipinski definition) is 2. The second kappa shape index (κ2) is 4.40. The highest BCUT2D eigenvalue weighted by molar-refractivity contribution is 4.84. The van der Waals surface area contributed by atoms with Crippen LogP contribution in [0.1, 0.15) is 20.3 Å². The van der Waals surface area contributed by atoms with Gasteiger partial charge in [0.2, 0.25) is 0 Å². The van der Waals surface area contributed by atoms with E-state index >= 15 is 0 Å². The summed E-state index contributed by atoms with van der Waals surface area (Å²) in [6.45, 7) is 8.14. The van der Waals surface area contributed by atoms with Gasteiger partial charge >= 0.3 is 0 Å². The molecule has 0 aliphatic carbocycles. The van der Waals surface area contributed by atoms with Crippen molar-refractivity contribution in [1.29, 1.82) is 0 Å². The summed E-state index contributed by atoms with van der Waals surface area (Å²) in [6, 6.07) is 0.230. The molecule has 13 heavy (non-hydrogen) atoms. The number of aliphatic hydroxyl groups is 1. The first kappa shape index (κ1) is 11.0. The van der Waals surface area contributed by atoms with Gasteiger partial charge in [-0.1, -0.05) is 13.8 Å². The molecule has 1 aliphatic rings. The van der Waals surface area contributed by atoms with Crippen molar-refractivity contribution >= 4 is 0 Å². The normalized spacial score (nSPS) is 24.9. The standard InChI is InChI=1S/C10H22N2O/c1-10(2)4-5-12(8-10)6-9(7-13)11-3/h9,11,13H,4-8H2,1-3H3. The van der Waals surface area contributed by atoms with E-state index in [-0.39, 0.29) is 12.6 Å². The fourth-order valence-corrected chi connectivity index (χ4v) is 1.93. The molecule has 1 unspecified atom stereocenters. The van der Waals surface area contributed by atoms with E-state index in [1.165, 1.54) is 13.0 Å². The number of likely N-dealkylation sites (N-methyl/N-ethyl adjacent to an activating group) is 1. The maximum absolute atomic E-state index is 9.03. The van der Waals surface area contributed by atoms with Gasteiger partial charge in [-0.25, -0.2) is 0 Å². The predicted molar refractivity (Wildman–Crippen MR) is 54.8 cm³/mol. The Bertz CT molecular complexity index is 155. The van der Waals surface area contributed by atoms with Crippen LogP contribution >= 0.6 is 0 Å². The van der Waals surface area contributed by atoms with Gasteiger partial charge < -0.3 is 15.3 Å². The van der Waals surface area contributed by atoms with E-state index in [2.05, 4.69) is 24.1 Å². The minimum atomic E-state index is 0.230. The lowest BCUT2D eigenvalue weighted by Gasteiger charge is -2.23. The molecule has 3 nitrogen and oxygen atoms in total. The lowest BCUT2D eigenvalue weighted by atomic mass is 9.93. The van der Waals surface area contributed by atoms with Crippen LogP contribution in [0.4, 0.5) is 0 Å². The van der Waals surface area contributed by atoms with Crippen LogP contribution in [-0.4, -0.2) is 49.3 Å². The fourth-order valence-electron chi connectivity index (χ4n) is 1.93. The molecule has 0 aromatic carbocycles. The molecule has 0 radical (unpaired) electrons. The van der Waals surface area contributed by atoms with Crippen LogP contribution in [0.25, 0.3) is 0 Å². The smallest absolute Gasteiger partial charge is 0.0597 e. The minimum Gasteiger partial charge on any atom is -0.395 e. The minimum absolute atomic E-state index is 0.230. The van der Waals surface area contributed by atoms with Crippen LogP contribution in [0.5, 0.6) is 0 Å². The number of nitrogens with one attached hydrogen (secondary N) is 1. The van der Waals surface area contributed by atoms with Gasteiger partial charge in [-0.15, -0.1) is 0 Å². The van der Waals surface area contributed by atoms with Crippen LogP contribution in [0.15, 0.2) is 0 Å². The van der Waals surface area contributed by atoms with E-state index in [1.54, 1.807) is 0 Å². The number of rotatable bonds is 4. The largest absolute Gasteiger partial charge is 0.395 e. The van der Waals surface area contributed by atoms with Crippen LogP contribution in [0.3, 0.4) is 0 Å². The average molecular weight is 186 g/mol. The van der Waals surface area contributed by atoms with E-state index in [4.69, 9.17) is 5.11 Å². The molecule has 0 bridgehead atoms. The Labute approximate surface area is 81.1 Å². The summed E-state index contributed by atoms with van der Waals surface area (Å²) < 4.78 is 0. The zero-order chi connectivity index (χ0) is 9.90. The molecule has 2 N–H and O–H groups in total. The van der Waals surface area contributed by atoms with Gasteiger partial charge in [-0.2, -0.15) is 0 Å². The molecule has 1 rings (SSSR count). The van der Waals surface area contributed by atoms with Crippen molar-refractivity contribution < 1.29 is 5.11 Å². The fraction of sp³-hybridized carbons (Fsp3) is 1.00. The van der Waals surface area contributed by atoms with E-state index in [1.807, 2.05) is 7.05 Å². The summed E-state index contributed by atoms with van der Waals surface area (Å²) in [5.41, 5.74) is 0.466. The summed E-state index contributed by atoms with van der Waals surface area (Å²) in [5.74, 6) is 0. The van der Waals surface area contributed by atoms with Crippen LogP contribution in [0, 0.1) is 5.41 Å². The van der Waals surface area contributed by atoms with Gasteiger partial charge in [0, 0.05) is 19.1 Å². The molecule has 0 spiro atoms. The second-order valence-electron chi connectivity index (χ2n) is 4.82. The average Bonchev–Trinajstić information content (AvgIpc) is 2.41. The van der Waals surface area contributed by atoms with Crippen LogP contribution in [0.2, 0.25) is 0 Å². The Morgan fingerprint density at radius 2 is 2.23 bits per heavy atom. The Kier molecular flexibility index (Phi) is 3.71. The molecule has 78 valence electrons. The van der Waals surface area contributed by atoms with E-state index in [9.17, 15) is 0 Å². The highest BCUT2D eigenvalue weighted by Gasteiger charge is 2.29. The molecule has 0 saturated carbocycles. The maximum Gasteiger partial charge on any atom is 0.0597 e. The number of nitrogens with zero attached hydrogens (tertiary/aromatic N) is 1. The van der Waals surface area contributed by atoms with E-state index in [0.29, 0.717) is 5.41 Å². The molecular weight excluding hydrogens is 164 g/mol. The summed E-state index contributed by atoms with van der Waals surface area (Å²) in [6.07, 6.45) is 1.27. The van der Waals surface area contributed by atoms with Gasteiger partial charge in [0.05, 0.1) is 6.61 Å². The first-order valence-electron chi connectivity index (χ1n) is 5.08. The Hall–Kier alpha value is -0.120. The highest BCUT2D eigenvalue weighted by atomic mass is 16.3. The van der Waals surface area contributed by atoms with Gasteiger partial charge in [0.1, 0.15) is 0 Å². The van der Waals surface area contributed by atoms with E-state index < -0.39 is 0 Å². The monoisotopic (exact) mass is 186 g/mol. The molecule has 3 heteroatoms. The topological polar surface area (TPSA) is 35.5 Å². The first-order chi connectivity index (χ1) is 6.07. The highest BCUT2D eigenvalue weighted by Crippen LogP contribution is 2.28. The summed E-state index contributed by atoms with van der Waals surface area (Å²) >= 11 is 0. The predicted octanol–water partition coefficient (Wildman–Crippen LogP) is 0.299. The van der Waals surface area contributed by atoms with Crippen molar-refractivity contribution in [2.45, 2.75) is 26.3 Å². The number of aliphatic hydroxyl groups excluding tert-OH is 1. The number of likely N-dealkylation sites (tertiary alicyclic amines) is 1. The maximum atomic E-state index is 9.03. The van der Waals surface area contributed by atoms with Crippen molar-refractivity contribution in [3.63, 3.8) is 0 Å². The Morgan fingerprint density at radius 3 is 2.62 bits per heavy atom. The molecule has 1 aliphatic heterocycles. The third-order valence-corrected chi connectivity index (χ3v) is 2.86. The zero-order valence-corrected chi connectivity index (χ0v) is 9.01. The van der Waals surface area contributed by atoms with Gasteiger partial charge in [-0.05, 0) is 25.4 Å². The van der Waals surface area contributed by atoms with Crippen molar-refractivity contribution in [3.05, 3.63) is 0 Å². The SMILES string of the molecule is CNC(CO)CN1CCC(C)(C)C1. The van der Waals surface area contributed by atoms with Gasteiger partial charge in [0.25, 0.3) is 0 Å². The molecule has 0 amide bonds. The first-order valence-corrected chi connectivity index (χ1v) is 5.08. The van der Waals surface area contributed by atoms with Crippen LogP contribution < -0.4 is 5.32 Å². The van der Waals surface area contributed by atoms with Crippen molar-refractivity contribution in [2.75, 3.05) is 33.3 Å².